The number of aromatic nitrogens is 2. The first-order chi connectivity index (χ1) is 16.4. The number of amidine groups is 1. The fourth-order valence-corrected chi connectivity index (χ4v) is 4.26. The van der Waals surface area contributed by atoms with Gasteiger partial charge in [-0.25, -0.2) is 15.0 Å². The molecule has 0 bridgehead atoms. The highest BCUT2D eigenvalue weighted by Crippen LogP contribution is 2.29. The van der Waals surface area contributed by atoms with Crippen molar-refractivity contribution in [3.63, 3.8) is 0 Å². The van der Waals surface area contributed by atoms with Gasteiger partial charge in [-0.05, 0) is 75.0 Å². The van der Waals surface area contributed by atoms with Crippen LogP contribution < -0.4 is 22.1 Å². The number of rotatable bonds is 10. The first-order valence-corrected chi connectivity index (χ1v) is 12.4. The van der Waals surface area contributed by atoms with E-state index in [9.17, 15) is 4.79 Å². The summed E-state index contributed by atoms with van der Waals surface area (Å²) in [5.74, 6) is 1.42. The lowest BCUT2D eigenvalue weighted by Gasteiger charge is -2.26. The van der Waals surface area contributed by atoms with Crippen molar-refractivity contribution < 1.29 is 4.79 Å². The predicted molar refractivity (Wildman–Crippen MR) is 140 cm³/mol. The Bertz CT molecular complexity index is 1010. The van der Waals surface area contributed by atoms with Crippen molar-refractivity contribution in [2.75, 3.05) is 36.8 Å². The molecule has 6 N–H and O–H groups in total. The Morgan fingerprint density at radius 2 is 1.91 bits per heavy atom. The lowest BCUT2D eigenvalue weighted by molar-refractivity contribution is -0.115. The summed E-state index contributed by atoms with van der Waals surface area (Å²) in [6.07, 6.45) is 5.89. The maximum atomic E-state index is 11.6. The molecule has 1 saturated heterocycles. The molecule has 2 heterocycles. The van der Waals surface area contributed by atoms with E-state index in [4.69, 9.17) is 11.5 Å². The van der Waals surface area contributed by atoms with Crippen LogP contribution >= 0.6 is 11.8 Å². The van der Waals surface area contributed by atoms with Gasteiger partial charge in [-0.15, -0.1) is 0 Å². The van der Waals surface area contributed by atoms with Crippen LogP contribution in [0.2, 0.25) is 0 Å². The first kappa shape index (κ1) is 25.5. The van der Waals surface area contributed by atoms with Crippen LogP contribution in [-0.4, -0.2) is 52.8 Å². The second-order valence-corrected chi connectivity index (χ2v) is 9.22. The van der Waals surface area contributed by atoms with Gasteiger partial charge in [-0.3, -0.25) is 4.79 Å². The molecular formula is C24H34N8OS. The van der Waals surface area contributed by atoms with Gasteiger partial charge in [0.25, 0.3) is 0 Å². The normalized spacial score (nSPS) is 15.2. The molecule has 34 heavy (non-hydrogen) atoms. The molecular weight excluding hydrogens is 448 g/mol. The zero-order valence-corrected chi connectivity index (χ0v) is 20.7. The number of nitrogens with one attached hydrogen (secondary N) is 2. The standard InChI is InChI=1S/C24H34N8OS/c1-3-23(33)28-18-7-9-19(10-8-18)34-24-30-21(27-11-14-32-12-5-4-6-13-32)16-22(31-24)29-20(26)15-17(2)25/h7-10,15-16H,3-6,11-14,25H2,1-2H3,(H,28,33)(H3,26,27,29,30,31). The molecule has 1 aromatic carbocycles. The minimum atomic E-state index is -0.0195. The predicted octanol–water partition coefficient (Wildman–Crippen LogP) is 3.73. The quantitative estimate of drug-likeness (QED) is 0.229. The average molecular weight is 483 g/mol. The summed E-state index contributed by atoms with van der Waals surface area (Å²) in [6, 6.07) is 9.36. The summed E-state index contributed by atoms with van der Waals surface area (Å²) >= 11 is 1.42. The summed E-state index contributed by atoms with van der Waals surface area (Å²) in [4.78, 5) is 28.6. The fraction of sp³-hybridized carbons (Fsp3) is 0.417. The SMILES string of the molecule is CCC(=O)Nc1ccc(Sc2nc(N=C(N)C=C(C)N)cc(NCCN3CCCCC3)n2)cc1. The van der Waals surface area contributed by atoms with E-state index in [0.717, 1.165) is 36.8 Å². The Kier molecular flexibility index (Phi) is 9.72. The minimum absolute atomic E-state index is 0.0195. The maximum Gasteiger partial charge on any atom is 0.224 e. The van der Waals surface area contributed by atoms with Crippen LogP contribution in [0.5, 0.6) is 0 Å². The molecule has 0 unspecified atom stereocenters. The summed E-state index contributed by atoms with van der Waals surface area (Å²) in [7, 11) is 0. The number of nitrogens with two attached hydrogens (primary N) is 2. The summed E-state index contributed by atoms with van der Waals surface area (Å²) < 4.78 is 0. The van der Waals surface area contributed by atoms with E-state index in [1.165, 1.54) is 31.0 Å². The smallest absolute Gasteiger partial charge is 0.224 e. The highest BCUT2D eigenvalue weighted by Gasteiger charge is 2.11. The van der Waals surface area contributed by atoms with Gasteiger partial charge in [-0.1, -0.05) is 13.3 Å². The Hall–Kier alpha value is -3.11. The van der Waals surface area contributed by atoms with Gasteiger partial charge in [0.2, 0.25) is 5.91 Å². The molecule has 0 spiro atoms. The zero-order chi connectivity index (χ0) is 24.3. The highest BCUT2D eigenvalue weighted by atomic mass is 32.2. The number of anilines is 2. The minimum Gasteiger partial charge on any atom is -0.402 e. The number of piperidine rings is 1. The van der Waals surface area contributed by atoms with Crippen LogP contribution in [-0.2, 0) is 4.79 Å². The molecule has 3 rings (SSSR count). The van der Waals surface area contributed by atoms with Crippen molar-refractivity contribution >= 4 is 40.8 Å². The molecule has 0 atom stereocenters. The lowest BCUT2D eigenvalue weighted by Crippen LogP contribution is -2.33. The van der Waals surface area contributed by atoms with Crippen molar-refractivity contribution in [3.05, 3.63) is 42.1 Å². The van der Waals surface area contributed by atoms with E-state index in [1.54, 1.807) is 19.1 Å². The first-order valence-electron chi connectivity index (χ1n) is 11.6. The van der Waals surface area contributed by atoms with Gasteiger partial charge in [0.05, 0.1) is 0 Å². The molecule has 1 aliphatic rings. The number of hydrogen-bond acceptors (Lipinski definition) is 8. The molecule has 10 heteroatoms. The molecule has 9 nitrogen and oxygen atoms in total. The largest absolute Gasteiger partial charge is 0.402 e. The number of nitrogens with zero attached hydrogens (tertiary/aromatic N) is 4. The summed E-state index contributed by atoms with van der Waals surface area (Å²) in [6.45, 7) is 7.63. The van der Waals surface area contributed by atoms with Crippen LogP contribution in [0.4, 0.5) is 17.3 Å². The highest BCUT2D eigenvalue weighted by molar-refractivity contribution is 7.99. The molecule has 1 amide bonds. The lowest BCUT2D eigenvalue weighted by atomic mass is 10.1. The van der Waals surface area contributed by atoms with E-state index in [2.05, 4.69) is 30.5 Å². The molecule has 1 aliphatic heterocycles. The maximum absolute atomic E-state index is 11.6. The van der Waals surface area contributed by atoms with Gasteiger partial charge < -0.3 is 27.0 Å². The number of allylic oxidation sites excluding steroid dienone is 1. The third kappa shape index (κ3) is 8.68. The van der Waals surface area contributed by atoms with Crippen molar-refractivity contribution in [1.82, 2.24) is 14.9 Å². The van der Waals surface area contributed by atoms with Crippen LogP contribution in [0.25, 0.3) is 0 Å². The Morgan fingerprint density at radius 1 is 1.18 bits per heavy atom. The molecule has 0 aliphatic carbocycles. The van der Waals surface area contributed by atoms with Crippen LogP contribution in [0.3, 0.4) is 0 Å². The number of aliphatic imine (C=N–C) groups is 1. The topological polar surface area (TPSA) is 135 Å². The molecule has 182 valence electrons. The molecule has 1 aromatic heterocycles. The van der Waals surface area contributed by atoms with Crippen molar-refractivity contribution in [1.29, 1.82) is 0 Å². The van der Waals surface area contributed by atoms with Gasteiger partial charge in [0.15, 0.2) is 11.0 Å². The van der Waals surface area contributed by atoms with Crippen molar-refractivity contribution in [2.24, 2.45) is 16.5 Å². The van der Waals surface area contributed by atoms with Crippen LogP contribution in [0.15, 0.2) is 57.1 Å². The van der Waals surface area contributed by atoms with Gasteiger partial charge >= 0.3 is 0 Å². The van der Waals surface area contributed by atoms with E-state index in [-0.39, 0.29) is 11.7 Å². The number of hydrogen-bond donors (Lipinski definition) is 4. The summed E-state index contributed by atoms with van der Waals surface area (Å²) in [5, 5.41) is 6.80. The third-order valence-electron chi connectivity index (χ3n) is 5.16. The van der Waals surface area contributed by atoms with E-state index >= 15 is 0 Å². The molecule has 1 fully saturated rings. The van der Waals surface area contributed by atoms with Gasteiger partial charge in [-0.2, -0.15) is 0 Å². The molecule has 2 aromatic rings. The number of likely N-dealkylation sites (tertiary alicyclic amines) is 1. The van der Waals surface area contributed by atoms with E-state index in [0.29, 0.717) is 28.9 Å². The summed E-state index contributed by atoms with van der Waals surface area (Å²) in [5.41, 5.74) is 13.0. The fourth-order valence-electron chi connectivity index (χ4n) is 3.49. The van der Waals surface area contributed by atoms with Crippen LogP contribution in [0, 0.1) is 0 Å². The monoisotopic (exact) mass is 482 g/mol. The van der Waals surface area contributed by atoms with Crippen LogP contribution in [0.1, 0.15) is 39.5 Å². The number of carbonyl (C=O) groups excluding carboxylic acids is 1. The zero-order valence-electron chi connectivity index (χ0n) is 19.9. The Balaban J connectivity index is 1.74. The number of benzene rings is 1. The Morgan fingerprint density at radius 3 is 2.59 bits per heavy atom. The van der Waals surface area contributed by atoms with Gasteiger partial charge in [0, 0.05) is 41.9 Å². The van der Waals surface area contributed by atoms with E-state index in [1.807, 2.05) is 31.2 Å². The second kappa shape index (κ2) is 13.0. The molecule has 0 saturated carbocycles. The average Bonchev–Trinajstić information content (AvgIpc) is 2.80. The third-order valence-corrected chi connectivity index (χ3v) is 6.04. The van der Waals surface area contributed by atoms with Crippen molar-refractivity contribution in [2.45, 2.75) is 49.6 Å². The van der Waals surface area contributed by atoms with Gasteiger partial charge in [0.1, 0.15) is 11.7 Å². The number of carbonyl (C=O) groups is 1. The van der Waals surface area contributed by atoms with Crippen molar-refractivity contribution in [3.8, 4) is 0 Å². The molecule has 0 radical (unpaired) electrons. The Labute approximate surface area is 205 Å². The number of amides is 1. The van der Waals surface area contributed by atoms with E-state index < -0.39 is 0 Å². The second-order valence-electron chi connectivity index (χ2n) is 8.18.